The van der Waals surface area contributed by atoms with Crippen molar-refractivity contribution in [1.29, 1.82) is 0 Å². The summed E-state index contributed by atoms with van der Waals surface area (Å²) in [6, 6.07) is 0. The summed E-state index contributed by atoms with van der Waals surface area (Å²) in [7, 11) is 0. The Morgan fingerprint density at radius 1 is 1.26 bits per heavy atom. The van der Waals surface area contributed by atoms with E-state index >= 15 is 0 Å². The van der Waals surface area contributed by atoms with Crippen molar-refractivity contribution in [3.63, 3.8) is 0 Å². The molecule has 4 aliphatic carbocycles. The molecule has 5 aliphatic rings. The summed E-state index contributed by atoms with van der Waals surface area (Å²) in [5, 5.41) is 11.3. The summed E-state index contributed by atoms with van der Waals surface area (Å²) in [5.41, 5.74) is 1.41. The molecule has 3 heteroatoms. The third-order valence-corrected chi connectivity index (χ3v) is 8.54. The molecule has 1 heterocycles. The van der Waals surface area contributed by atoms with E-state index in [1.165, 1.54) is 31.3 Å². The van der Waals surface area contributed by atoms with E-state index in [2.05, 4.69) is 13.5 Å². The second-order valence-corrected chi connectivity index (χ2v) is 9.33. The molecule has 1 saturated heterocycles. The monoisotopic (exact) mass is 316 g/mol. The van der Waals surface area contributed by atoms with Gasteiger partial charge in [-0.1, -0.05) is 31.9 Å². The Bertz CT molecular complexity index is 583. The number of hydrogen-bond donors (Lipinski definition) is 1. The molecule has 5 fully saturated rings. The number of hydrogen-bond acceptors (Lipinski definition) is 3. The molecule has 0 aromatic heterocycles. The number of rotatable bonds is 0. The van der Waals surface area contributed by atoms with Crippen LogP contribution in [0.1, 0.15) is 58.3 Å². The second-order valence-electron chi connectivity index (χ2n) is 9.33. The number of fused-ring (bicyclic) bond motifs is 2. The van der Waals surface area contributed by atoms with Gasteiger partial charge in [-0.2, -0.15) is 0 Å². The van der Waals surface area contributed by atoms with Crippen LogP contribution in [-0.4, -0.2) is 23.3 Å². The maximum absolute atomic E-state index is 12.5. The van der Waals surface area contributed by atoms with Crippen LogP contribution in [0.25, 0.3) is 0 Å². The topological polar surface area (TPSA) is 46.5 Å². The molecule has 2 bridgehead atoms. The van der Waals surface area contributed by atoms with Gasteiger partial charge in [0, 0.05) is 11.3 Å². The Morgan fingerprint density at radius 2 is 2.09 bits per heavy atom. The minimum absolute atomic E-state index is 0.0295. The summed E-state index contributed by atoms with van der Waals surface area (Å²) < 4.78 is 5.82. The van der Waals surface area contributed by atoms with Gasteiger partial charge in [-0.05, 0) is 55.8 Å². The first-order valence-corrected chi connectivity index (χ1v) is 9.53. The van der Waals surface area contributed by atoms with E-state index in [9.17, 15) is 9.90 Å². The van der Waals surface area contributed by atoms with Gasteiger partial charge in [0.1, 0.15) is 6.10 Å². The van der Waals surface area contributed by atoms with Crippen molar-refractivity contribution in [2.75, 3.05) is 0 Å². The number of aliphatic hydroxyl groups is 1. The average Bonchev–Trinajstić information content (AvgIpc) is 2.90. The molecule has 0 aromatic carbocycles. The van der Waals surface area contributed by atoms with Crippen LogP contribution in [-0.2, 0) is 9.53 Å². The first-order chi connectivity index (χ1) is 11.0. The van der Waals surface area contributed by atoms with E-state index in [1.54, 1.807) is 0 Å². The van der Waals surface area contributed by atoms with Gasteiger partial charge >= 0.3 is 5.97 Å². The summed E-state index contributed by atoms with van der Waals surface area (Å²) in [5.74, 6) is 1.34. The zero-order valence-electron chi connectivity index (χ0n) is 14.1. The summed E-state index contributed by atoms with van der Waals surface area (Å²) in [6.45, 7) is 6.74. The number of esters is 1. The fraction of sp³-hybridized carbons (Fsp3) is 0.850. The first kappa shape index (κ1) is 14.5. The van der Waals surface area contributed by atoms with Gasteiger partial charge in [-0.25, -0.2) is 0 Å². The number of aliphatic hydroxyl groups excluding tert-OH is 1. The third kappa shape index (κ3) is 1.58. The molecule has 0 aromatic rings. The molecule has 8 atom stereocenters. The van der Waals surface area contributed by atoms with Gasteiger partial charge in [-0.3, -0.25) is 4.79 Å². The fourth-order valence-electron chi connectivity index (χ4n) is 7.72. The maximum Gasteiger partial charge on any atom is 0.309 e. The quantitative estimate of drug-likeness (QED) is 0.550. The largest absolute Gasteiger partial charge is 0.459 e. The van der Waals surface area contributed by atoms with Gasteiger partial charge in [-0.15, -0.1) is 0 Å². The molecule has 5 rings (SSSR count). The number of carbonyl (C=O) groups excluding carboxylic acids is 1. The minimum atomic E-state index is -0.486. The normalized spacial score (nSPS) is 57.5. The van der Waals surface area contributed by atoms with Crippen LogP contribution in [0.3, 0.4) is 0 Å². The predicted octanol–water partition coefficient (Wildman–Crippen LogP) is 3.46. The van der Waals surface area contributed by atoms with Gasteiger partial charge < -0.3 is 9.84 Å². The summed E-state index contributed by atoms with van der Waals surface area (Å²) >= 11 is 0. The first-order valence-electron chi connectivity index (χ1n) is 9.53. The zero-order chi connectivity index (χ0) is 16.0. The molecule has 0 amide bonds. The van der Waals surface area contributed by atoms with Crippen molar-refractivity contribution in [2.24, 2.45) is 34.5 Å². The van der Waals surface area contributed by atoms with Crippen LogP contribution in [0.4, 0.5) is 0 Å². The summed E-state index contributed by atoms with van der Waals surface area (Å²) in [6.07, 6.45) is 8.18. The lowest BCUT2D eigenvalue weighted by atomic mass is 9.44. The van der Waals surface area contributed by atoms with Gasteiger partial charge in [0.15, 0.2) is 0 Å². The van der Waals surface area contributed by atoms with Crippen LogP contribution >= 0.6 is 0 Å². The Balaban J connectivity index is 1.67. The van der Waals surface area contributed by atoms with E-state index in [0.717, 1.165) is 25.7 Å². The van der Waals surface area contributed by atoms with E-state index in [0.29, 0.717) is 11.8 Å². The molecule has 23 heavy (non-hydrogen) atoms. The van der Waals surface area contributed by atoms with Crippen molar-refractivity contribution in [1.82, 2.24) is 0 Å². The number of carbonyl (C=O) groups is 1. The molecular formula is C20H28O3. The van der Waals surface area contributed by atoms with Gasteiger partial charge in [0.25, 0.3) is 0 Å². The molecule has 126 valence electrons. The van der Waals surface area contributed by atoms with E-state index in [-0.39, 0.29) is 34.7 Å². The van der Waals surface area contributed by atoms with E-state index < -0.39 is 6.10 Å². The van der Waals surface area contributed by atoms with Crippen LogP contribution in [0, 0.1) is 34.5 Å². The SMILES string of the molecule is C=C1C[C@@]23C[C@H]1CC[C@@H]2[C@]1(C)CCCC[C@@H]2C(=O)O[C@H]([C@H]21)[C@H]3O. The molecular weight excluding hydrogens is 288 g/mol. The van der Waals surface area contributed by atoms with Gasteiger partial charge in [0.2, 0.25) is 0 Å². The van der Waals surface area contributed by atoms with Crippen LogP contribution in [0.2, 0.25) is 0 Å². The highest BCUT2D eigenvalue weighted by Crippen LogP contribution is 2.71. The number of ether oxygens (including phenoxy) is 1. The molecule has 1 aliphatic heterocycles. The average molecular weight is 316 g/mol. The Kier molecular flexibility index (Phi) is 2.78. The highest BCUT2D eigenvalue weighted by atomic mass is 16.6. The van der Waals surface area contributed by atoms with E-state index in [1.807, 2.05) is 0 Å². The molecule has 4 saturated carbocycles. The zero-order valence-corrected chi connectivity index (χ0v) is 14.1. The van der Waals surface area contributed by atoms with Gasteiger partial charge in [0.05, 0.1) is 12.0 Å². The molecule has 1 spiro atoms. The third-order valence-electron chi connectivity index (χ3n) is 8.54. The standard InChI is InChI=1S/C20H28O3/c1-11-9-20-10-12(11)6-7-14(20)19(2)8-4-3-5-13-15(19)16(17(20)21)23-18(13)22/h12-17,21H,1,3-10H2,2H3/t12-,13+,14-,15+,16-,17-,19+,20-/m1/s1. The van der Waals surface area contributed by atoms with Crippen LogP contribution in [0.5, 0.6) is 0 Å². The maximum atomic E-state index is 12.5. The van der Waals surface area contributed by atoms with Crippen LogP contribution in [0.15, 0.2) is 12.2 Å². The van der Waals surface area contributed by atoms with Crippen LogP contribution < -0.4 is 0 Å². The molecule has 0 radical (unpaired) electrons. The van der Waals surface area contributed by atoms with Crippen molar-refractivity contribution in [3.05, 3.63) is 12.2 Å². The lowest BCUT2D eigenvalue weighted by Gasteiger charge is -2.60. The smallest absolute Gasteiger partial charge is 0.309 e. The highest BCUT2D eigenvalue weighted by Gasteiger charge is 2.71. The lowest BCUT2D eigenvalue weighted by Crippen LogP contribution is -2.63. The number of allylic oxidation sites excluding steroid dienone is 1. The van der Waals surface area contributed by atoms with E-state index in [4.69, 9.17) is 4.74 Å². The Labute approximate surface area is 138 Å². The second kappa shape index (κ2) is 4.41. The predicted molar refractivity (Wildman–Crippen MR) is 86.5 cm³/mol. The Morgan fingerprint density at radius 3 is 2.91 bits per heavy atom. The summed E-state index contributed by atoms with van der Waals surface area (Å²) in [4.78, 5) is 12.5. The van der Waals surface area contributed by atoms with Crippen molar-refractivity contribution < 1.29 is 14.6 Å². The highest BCUT2D eigenvalue weighted by molar-refractivity contribution is 5.76. The lowest BCUT2D eigenvalue weighted by molar-refractivity contribution is -0.207. The molecule has 3 nitrogen and oxygen atoms in total. The van der Waals surface area contributed by atoms with Crippen molar-refractivity contribution in [2.45, 2.75) is 70.5 Å². The van der Waals surface area contributed by atoms with Crippen molar-refractivity contribution in [3.8, 4) is 0 Å². The molecule has 1 N–H and O–H groups in total. The molecule has 0 unspecified atom stereocenters. The fourth-order valence-corrected chi connectivity index (χ4v) is 7.72. The minimum Gasteiger partial charge on any atom is -0.459 e. The van der Waals surface area contributed by atoms with Crippen molar-refractivity contribution >= 4 is 5.97 Å². The Hall–Kier alpha value is -0.830.